The van der Waals surface area contributed by atoms with Gasteiger partial charge < -0.3 is 14.8 Å². The lowest BCUT2D eigenvalue weighted by Crippen LogP contribution is -2.49. The molecule has 0 radical (unpaired) electrons. The maximum atomic E-state index is 13.1. The molecule has 0 fully saturated rings. The number of ether oxygens (including phenoxy) is 2. The van der Waals surface area contributed by atoms with Crippen LogP contribution in [0.15, 0.2) is 78.9 Å². The highest BCUT2D eigenvalue weighted by molar-refractivity contribution is 5.71. The first-order chi connectivity index (χ1) is 17.4. The number of benzene rings is 3. The number of carbonyl (C=O) groups is 1. The van der Waals surface area contributed by atoms with E-state index in [1.807, 2.05) is 0 Å². The second-order valence-corrected chi connectivity index (χ2v) is 8.11. The number of alkyl halides is 6. The number of halogens is 6. The van der Waals surface area contributed by atoms with E-state index in [1.165, 1.54) is 41.7 Å². The lowest BCUT2D eigenvalue weighted by atomic mass is 9.77. The predicted octanol–water partition coefficient (Wildman–Crippen LogP) is 7.14. The Morgan fingerprint density at radius 3 is 2.11 bits per heavy atom. The highest BCUT2D eigenvalue weighted by Crippen LogP contribution is 2.38. The van der Waals surface area contributed by atoms with Gasteiger partial charge in [0.1, 0.15) is 5.75 Å². The highest BCUT2D eigenvalue weighted by Gasteiger charge is 2.39. The molecule has 1 unspecified atom stereocenters. The van der Waals surface area contributed by atoms with E-state index in [-0.39, 0.29) is 29.8 Å². The van der Waals surface area contributed by atoms with Gasteiger partial charge in [0.05, 0.1) is 12.1 Å². The molecule has 0 aliphatic rings. The third kappa shape index (κ3) is 8.06. The SMILES string of the molecule is CCCOC(=O)NC(Cc1ccccc1)(c1cccc(NC(F)(F)F)c1)c1cccc(OC(F)(F)F)c1. The molecule has 0 heterocycles. The van der Waals surface area contributed by atoms with Gasteiger partial charge in [0, 0.05) is 12.1 Å². The van der Waals surface area contributed by atoms with Crippen molar-refractivity contribution >= 4 is 11.8 Å². The second kappa shape index (κ2) is 11.4. The van der Waals surface area contributed by atoms with Gasteiger partial charge in [0.15, 0.2) is 0 Å². The van der Waals surface area contributed by atoms with E-state index in [0.717, 1.165) is 12.1 Å². The van der Waals surface area contributed by atoms with E-state index < -0.39 is 30.0 Å². The molecule has 0 aromatic heterocycles. The fraction of sp³-hybridized carbons (Fsp3) is 0.269. The molecule has 3 rings (SSSR count). The summed E-state index contributed by atoms with van der Waals surface area (Å²) in [6.45, 7) is 1.83. The minimum absolute atomic E-state index is 0.0278. The molecule has 198 valence electrons. The van der Waals surface area contributed by atoms with E-state index in [2.05, 4.69) is 10.1 Å². The summed E-state index contributed by atoms with van der Waals surface area (Å²) in [5.41, 5.74) is -1.01. The maximum absolute atomic E-state index is 13.1. The van der Waals surface area contributed by atoms with Crippen LogP contribution in [0.2, 0.25) is 0 Å². The summed E-state index contributed by atoms with van der Waals surface area (Å²) in [7, 11) is 0. The lowest BCUT2D eigenvalue weighted by molar-refractivity contribution is -0.274. The van der Waals surface area contributed by atoms with Gasteiger partial charge in [-0.2, -0.15) is 13.2 Å². The summed E-state index contributed by atoms with van der Waals surface area (Å²) >= 11 is 0. The van der Waals surface area contributed by atoms with E-state index >= 15 is 0 Å². The van der Waals surface area contributed by atoms with Gasteiger partial charge in [-0.15, -0.1) is 13.2 Å². The zero-order valence-electron chi connectivity index (χ0n) is 19.6. The summed E-state index contributed by atoms with van der Waals surface area (Å²) in [4.78, 5) is 12.8. The van der Waals surface area contributed by atoms with Crippen molar-refractivity contribution in [3.63, 3.8) is 0 Å². The number of anilines is 1. The number of rotatable bonds is 9. The van der Waals surface area contributed by atoms with Crippen molar-refractivity contribution in [2.75, 3.05) is 11.9 Å². The van der Waals surface area contributed by atoms with Gasteiger partial charge in [-0.05, 0) is 47.4 Å². The fourth-order valence-corrected chi connectivity index (χ4v) is 3.85. The summed E-state index contributed by atoms with van der Waals surface area (Å²) in [6.07, 6.45) is -10.1. The zero-order chi connectivity index (χ0) is 27.1. The molecular weight excluding hydrogens is 502 g/mol. The molecule has 0 saturated carbocycles. The topological polar surface area (TPSA) is 59.6 Å². The second-order valence-electron chi connectivity index (χ2n) is 8.11. The minimum atomic E-state index is -4.98. The quantitative estimate of drug-likeness (QED) is 0.230. The first kappa shape index (κ1) is 27.7. The van der Waals surface area contributed by atoms with Crippen molar-refractivity contribution in [2.45, 2.75) is 38.0 Å². The molecule has 1 atom stereocenters. The van der Waals surface area contributed by atoms with Gasteiger partial charge in [0.25, 0.3) is 0 Å². The Balaban J connectivity index is 2.23. The van der Waals surface area contributed by atoms with Crippen LogP contribution in [0.1, 0.15) is 30.0 Å². The molecule has 3 aromatic carbocycles. The van der Waals surface area contributed by atoms with Gasteiger partial charge >= 0.3 is 18.8 Å². The van der Waals surface area contributed by atoms with Crippen LogP contribution in [0.3, 0.4) is 0 Å². The normalized spacial score (nSPS) is 13.4. The first-order valence-electron chi connectivity index (χ1n) is 11.2. The number of hydrogen-bond acceptors (Lipinski definition) is 4. The average Bonchev–Trinajstić information content (AvgIpc) is 2.81. The Morgan fingerprint density at radius 2 is 1.49 bits per heavy atom. The number of carbonyl (C=O) groups excluding carboxylic acids is 1. The molecule has 37 heavy (non-hydrogen) atoms. The maximum Gasteiger partial charge on any atom is 0.573 e. The number of hydrogen-bond donors (Lipinski definition) is 2. The van der Waals surface area contributed by atoms with Gasteiger partial charge in [-0.1, -0.05) is 61.5 Å². The van der Waals surface area contributed by atoms with Crippen LogP contribution in [0.25, 0.3) is 0 Å². The third-order valence-electron chi connectivity index (χ3n) is 5.27. The Bertz CT molecular complexity index is 1120. The molecular formula is C26H24F6N2O3. The van der Waals surface area contributed by atoms with E-state index in [4.69, 9.17) is 4.74 Å². The van der Waals surface area contributed by atoms with Crippen LogP contribution in [0.5, 0.6) is 5.75 Å². The average molecular weight is 526 g/mol. The molecule has 0 spiro atoms. The van der Waals surface area contributed by atoms with Gasteiger partial charge in [-0.25, -0.2) is 4.79 Å². The molecule has 3 aromatic rings. The monoisotopic (exact) mass is 526 g/mol. The molecule has 0 aliphatic heterocycles. The smallest absolute Gasteiger partial charge is 0.450 e. The van der Waals surface area contributed by atoms with Crippen LogP contribution in [-0.4, -0.2) is 25.4 Å². The van der Waals surface area contributed by atoms with Gasteiger partial charge in [0.2, 0.25) is 0 Å². The van der Waals surface area contributed by atoms with Crippen molar-refractivity contribution in [3.8, 4) is 5.75 Å². The third-order valence-corrected chi connectivity index (χ3v) is 5.27. The highest BCUT2D eigenvalue weighted by atomic mass is 19.4. The largest absolute Gasteiger partial charge is 0.573 e. The Labute approximate surface area is 209 Å². The van der Waals surface area contributed by atoms with Crippen molar-refractivity contribution in [1.82, 2.24) is 5.32 Å². The van der Waals surface area contributed by atoms with E-state index in [9.17, 15) is 31.1 Å². The van der Waals surface area contributed by atoms with Crippen LogP contribution < -0.4 is 15.4 Å². The number of amides is 1. The molecule has 11 heteroatoms. The molecule has 5 nitrogen and oxygen atoms in total. The summed E-state index contributed by atoms with van der Waals surface area (Å²) in [6, 6.07) is 18.7. The predicted molar refractivity (Wildman–Crippen MR) is 125 cm³/mol. The first-order valence-corrected chi connectivity index (χ1v) is 11.2. The number of alkyl carbamates (subject to hydrolysis) is 1. The van der Waals surface area contributed by atoms with Crippen LogP contribution in [0, 0.1) is 0 Å². The minimum Gasteiger partial charge on any atom is -0.450 e. The van der Waals surface area contributed by atoms with Crippen molar-refractivity contribution in [1.29, 1.82) is 0 Å². The lowest BCUT2D eigenvalue weighted by Gasteiger charge is -2.36. The summed E-state index contributed by atoms with van der Waals surface area (Å²) in [5, 5.41) is 4.14. The van der Waals surface area contributed by atoms with Crippen molar-refractivity contribution < 1.29 is 40.6 Å². The van der Waals surface area contributed by atoms with Crippen molar-refractivity contribution in [2.24, 2.45) is 0 Å². The zero-order valence-corrected chi connectivity index (χ0v) is 19.6. The standard InChI is InChI=1S/C26H24F6N2O3/c1-2-14-36-23(35)34-24(17-18-8-4-3-5-9-18,19-10-6-12-21(15-19)33-25(27,28)29)20-11-7-13-22(16-20)37-26(30,31)32/h3-13,15-16,33H,2,14,17H2,1H3,(H,34,35). The molecule has 0 saturated heterocycles. The summed E-state index contributed by atoms with van der Waals surface area (Å²) < 4.78 is 87.4. The Morgan fingerprint density at radius 1 is 0.838 bits per heavy atom. The van der Waals surface area contributed by atoms with Crippen LogP contribution in [0.4, 0.5) is 36.8 Å². The Hall–Kier alpha value is -3.89. The fourth-order valence-electron chi connectivity index (χ4n) is 3.85. The summed E-state index contributed by atoms with van der Waals surface area (Å²) in [5.74, 6) is -0.560. The van der Waals surface area contributed by atoms with Crippen LogP contribution >= 0.6 is 0 Å². The molecule has 2 N–H and O–H groups in total. The van der Waals surface area contributed by atoms with E-state index in [1.54, 1.807) is 37.3 Å². The van der Waals surface area contributed by atoms with Crippen LogP contribution in [-0.2, 0) is 16.7 Å². The molecule has 0 aliphatic carbocycles. The Kier molecular flexibility index (Phi) is 8.57. The molecule has 1 amide bonds. The van der Waals surface area contributed by atoms with Crippen molar-refractivity contribution in [3.05, 3.63) is 95.6 Å². The van der Waals surface area contributed by atoms with E-state index in [0.29, 0.717) is 12.0 Å². The van der Waals surface area contributed by atoms with Gasteiger partial charge in [-0.3, -0.25) is 5.32 Å². The molecule has 0 bridgehead atoms. The number of nitrogens with one attached hydrogen (secondary N) is 2.